The number of hydrogen-bond acceptors (Lipinski definition) is 6. The van der Waals surface area contributed by atoms with E-state index >= 15 is 0 Å². The molecule has 0 atom stereocenters. The van der Waals surface area contributed by atoms with Crippen LogP contribution in [-0.4, -0.2) is 25.2 Å². The van der Waals surface area contributed by atoms with Gasteiger partial charge in [-0.3, -0.25) is 0 Å². The second kappa shape index (κ2) is 7.99. The normalized spacial score (nSPS) is 11.0. The molecule has 5 nitrogen and oxygen atoms in total. The Balaban J connectivity index is 1.45. The SMILES string of the molecule is Clc1ccc(-c2csc(Sc3nnnn3CCc3ccccc3)n2)cc1. The molecule has 0 aliphatic rings. The summed E-state index contributed by atoms with van der Waals surface area (Å²) in [4.78, 5) is 4.67. The van der Waals surface area contributed by atoms with Gasteiger partial charge in [0, 0.05) is 22.5 Å². The average molecular weight is 400 g/mol. The third-order valence-electron chi connectivity index (χ3n) is 3.76. The van der Waals surface area contributed by atoms with E-state index in [2.05, 4.69) is 32.6 Å². The van der Waals surface area contributed by atoms with Crippen LogP contribution in [0.15, 0.2) is 69.5 Å². The molecule has 0 saturated heterocycles. The van der Waals surface area contributed by atoms with Crippen LogP contribution in [0.3, 0.4) is 0 Å². The summed E-state index contributed by atoms with van der Waals surface area (Å²) in [6, 6.07) is 18.0. The number of tetrazole rings is 1. The van der Waals surface area contributed by atoms with Crippen molar-refractivity contribution in [3.05, 3.63) is 70.6 Å². The van der Waals surface area contributed by atoms with Gasteiger partial charge < -0.3 is 0 Å². The summed E-state index contributed by atoms with van der Waals surface area (Å²) in [5.41, 5.74) is 3.23. The topological polar surface area (TPSA) is 56.5 Å². The molecule has 0 radical (unpaired) electrons. The molecule has 0 bridgehead atoms. The van der Waals surface area contributed by atoms with Crippen molar-refractivity contribution in [3.63, 3.8) is 0 Å². The van der Waals surface area contributed by atoms with Crippen LogP contribution in [0.5, 0.6) is 0 Å². The summed E-state index contributed by atoms with van der Waals surface area (Å²) in [6.45, 7) is 0.731. The summed E-state index contributed by atoms with van der Waals surface area (Å²) in [5, 5.41) is 15.5. The van der Waals surface area contributed by atoms with Crippen molar-refractivity contribution in [3.8, 4) is 11.3 Å². The van der Waals surface area contributed by atoms with Crippen LogP contribution in [0, 0.1) is 0 Å². The van der Waals surface area contributed by atoms with Crippen molar-refractivity contribution in [2.75, 3.05) is 0 Å². The second-order valence-corrected chi connectivity index (χ2v) is 8.04. The van der Waals surface area contributed by atoms with E-state index in [0.29, 0.717) is 0 Å². The van der Waals surface area contributed by atoms with Gasteiger partial charge in [-0.25, -0.2) is 9.67 Å². The third kappa shape index (κ3) is 4.12. The Morgan fingerprint density at radius 1 is 1.04 bits per heavy atom. The lowest BCUT2D eigenvalue weighted by molar-refractivity contribution is 0.548. The first-order chi connectivity index (χ1) is 12.8. The summed E-state index contributed by atoms with van der Waals surface area (Å²) in [7, 11) is 0. The highest BCUT2D eigenvalue weighted by Gasteiger charge is 2.12. The average Bonchev–Trinajstić information content (AvgIpc) is 3.31. The second-order valence-electron chi connectivity index (χ2n) is 5.53. The summed E-state index contributed by atoms with van der Waals surface area (Å²) in [5.74, 6) is 0. The van der Waals surface area contributed by atoms with Crippen molar-refractivity contribution in [1.29, 1.82) is 0 Å². The number of nitrogens with zero attached hydrogens (tertiary/aromatic N) is 5. The highest BCUT2D eigenvalue weighted by Crippen LogP contribution is 2.32. The Bertz CT molecular complexity index is 982. The lowest BCUT2D eigenvalue weighted by Gasteiger charge is -2.03. The Morgan fingerprint density at radius 3 is 2.65 bits per heavy atom. The van der Waals surface area contributed by atoms with Gasteiger partial charge in [0.05, 0.1) is 5.69 Å². The number of halogens is 1. The molecule has 0 amide bonds. The smallest absolute Gasteiger partial charge is 0.216 e. The molecule has 2 heterocycles. The van der Waals surface area contributed by atoms with Crippen LogP contribution in [0.2, 0.25) is 5.02 Å². The fourth-order valence-electron chi connectivity index (χ4n) is 2.43. The van der Waals surface area contributed by atoms with Crippen LogP contribution < -0.4 is 0 Å². The summed E-state index contributed by atoms with van der Waals surface area (Å²) in [6.07, 6.45) is 0.882. The summed E-state index contributed by atoms with van der Waals surface area (Å²) < 4.78 is 2.73. The molecule has 2 aromatic heterocycles. The van der Waals surface area contributed by atoms with E-state index < -0.39 is 0 Å². The van der Waals surface area contributed by atoms with Crippen molar-refractivity contribution in [1.82, 2.24) is 25.2 Å². The minimum absolute atomic E-state index is 0.719. The van der Waals surface area contributed by atoms with Crippen LogP contribution in [0.25, 0.3) is 11.3 Å². The van der Waals surface area contributed by atoms with Gasteiger partial charge in [0.25, 0.3) is 0 Å². The number of aromatic nitrogens is 5. The van der Waals surface area contributed by atoms with Crippen molar-refractivity contribution < 1.29 is 0 Å². The zero-order chi connectivity index (χ0) is 17.8. The number of rotatable bonds is 6. The molecule has 0 aliphatic carbocycles. The number of aryl methyl sites for hydroxylation is 2. The number of thiazole rings is 1. The fourth-order valence-corrected chi connectivity index (χ4v) is 4.27. The predicted octanol–water partition coefficient (Wildman–Crippen LogP) is 4.84. The monoisotopic (exact) mass is 399 g/mol. The molecule has 0 aliphatic heterocycles. The number of benzene rings is 2. The molecule has 0 saturated carbocycles. The van der Waals surface area contributed by atoms with E-state index in [1.54, 1.807) is 11.3 Å². The van der Waals surface area contributed by atoms with Crippen LogP contribution in [0.1, 0.15) is 5.56 Å². The van der Waals surface area contributed by atoms with E-state index in [1.807, 2.05) is 52.5 Å². The Hall–Kier alpha value is -2.22. The van der Waals surface area contributed by atoms with Crippen molar-refractivity contribution >= 4 is 34.7 Å². The molecule has 0 spiro atoms. The lowest BCUT2D eigenvalue weighted by atomic mass is 10.2. The van der Waals surface area contributed by atoms with Gasteiger partial charge in [0.15, 0.2) is 4.34 Å². The van der Waals surface area contributed by atoms with E-state index in [1.165, 1.54) is 17.3 Å². The van der Waals surface area contributed by atoms with E-state index in [0.717, 1.165) is 38.7 Å². The minimum atomic E-state index is 0.719. The maximum Gasteiger partial charge on any atom is 0.216 e. The Morgan fingerprint density at radius 2 is 1.85 bits per heavy atom. The molecule has 130 valence electrons. The van der Waals surface area contributed by atoms with Gasteiger partial charge in [-0.1, -0.05) is 54.1 Å². The van der Waals surface area contributed by atoms with Crippen LogP contribution in [0.4, 0.5) is 0 Å². The zero-order valence-electron chi connectivity index (χ0n) is 13.6. The van der Waals surface area contributed by atoms with Gasteiger partial charge in [-0.05, 0) is 46.3 Å². The van der Waals surface area contributed by atoms with E-state index in [4.69, 9.17) is 11.6 Å². The summed E-state index contributed by atoms with van der Waals surface area (Å²) >= 11 is 9.01. The first-order valence-corrected chi connectivity index (χ1v) is 10.0. The standard InChI is InChI=1S/C18H14ClN5S2/c19-15-8-6-14(7-9-15)16-12-25-18(20-16)26-17-21-22-23-24(17)11-10-13-4-2-1-3-5-13/h1-9,12H,10-11H2. The van der Waals surface area contributed by atoms with Gasteiger partial charge in [-0.15, -0.1) is 16.4 Å². The Labute approximate surface area is 164 Å². The number of hydrogen-bond donors (Lipinski definition) is 0. The van der Waals surface area contributed by atoms with Gasteiger partial charge in [-0.2, -0.15) is 0 Å². The molecule has 26 heavy (non-hydrogen) atoms. The van der Waals surface area contributed by atoms with Crippen LogP contribution in [-0.2, 0) is 13.0 Å². The molecular weight excluding hydrogens is 386 g/mol. The zero-order valence-corrected chi connectivity index (χ0v) is 16.0. The van der Waals surface area contributed by atoms with Gasteiger partial charge in [0.1, 0.15) is 0 Å². The molecule has 0 N–H and O–H groups in total. The Kier molecular flexibility index (Phi) is 5.29. The molecular formula is C18H14ClN5S2. The molecule has 0 unspecified atom stereocenters. The van der Waals surface area contributed by atoms with E-state index in [9.17, 15) is 0 Å². The molecule has 2 aromatic carbocycles. The highest BCUT2D eigenvalue weighted by atomic mass is 35.5. The predicted molar refractivity (Wildman–Crippen MR) is 105 cm³/mol. The van der Waals surface area contributed by atoms with Crippen molar-refractivity contribution in [2.24, 2.45) is 0 Å². The minimum Gasteiger partial charge on any atom is -0.229 e. The maximum atomic E-state index is 5.94. The van der Waals surface area contributed by atoms with Gasteiger partial charge in [0.2, 0.25) is 5.16 Å². The molecule has 4 rings (SSSR count). The van der Waals surface area contributed by atoms with Gasteiger partial charge >= 0.3 is 0 Å². The van der Waals surface area contributed by atoms with E-state index in [-0.39, 0.29) is 0 Å². The van der Waals surface area contributed by atoms with Crippen molar-refractivity contribution in [2.45, 2.75) is 22.5 Å². The maximum absolute atomic E-state index is 5.94. The van der Waals surface area contributed by atoms with Crippen LogP contribution >= 0.6 is 34.7 Å². The molecule has 0 fully saturated rings. The largest absolute Gasteiger partial charge is 0.229 e. The fraction of sp³-hybridized carbons (Fsp3) is 0.111. The quantitative estimate of drug-likeness (QED) is 0.464. The first kappa shape index (κ1) is 17.2. The molecule has 4 aromatic rings. The first-order valence-electron chi connectivity index (χ1n) is 7.97. The highest BCUT2D eigenvalue weighted by molar-refractivity contribution is 8.00. The third-order valence-corrected chi connectivity index (χ3v) is 5.92. The molecule has 8 heteroatoms. The lowest BCUT2D eigenvalue weighted by Crippen LogP contribution is -2.05.